The molecular formula is C34H48N8O7. The molecule has 0 radical (unpaired) electrons. The number of Topliss-reactive ketones (excluding diaryl/α,β-unsaturated/α-hetero) is 1. The number of ether oxygens (including phenoxy) is 1. The Morgan fingerprint density at radius 3 is 2.22 bits per heavy atom. The number of rotatable bonds is 16. The van der Waals surface area contributed by atoms with E-state index < -0.39 is 35.5 Å². The second kappa shape index (κ2) is 17.5. The van der Waals surface area contributed by atoms with Crippen molar-refractivity contribution in [3.8, 4) is 0 Å². The van der Waals surface area contributed by atoms with E-state index in [-0.39, 0.29) is 50.9 Å². The van der Waals surface area contributed by atoms with Gasteiger partial charge in [0.15, 0.2) is 11.9 Å². The maximum Gasteiger partial charge on any atom is 0.357 e. The van der Waals surface area contributed by atoms with Crippen LogP contribution >= 0.6 is 0 Å². The second-order valence-electron chi connectivity index (χ2n) is 12.7. The van der Waals surface area contributed by atoms with Crippen LogP contribution in [0.5, 0.6) is 0 Å². The van der Waals surface area contributed by atoms with Crippen LogP contribution in [0.3, 0.4) is 0 Å². The van der Waals surface area contributed by atoms with Crippen LogP contribution in [-0.2, 0) is 28.8 Å². The topological polar surface area (TPSA) is 207 Å². The molecule has 1 unspecified atom stereocenters. The fourth-order valence-corrected chi connectivity index (χ4v) is 4.92. The number of hydrazine groups is 2. The van der Waals surface area contributed by atoms with Crippen LogP contribution in [0.1, 0.15) is 46.1 Å². The van der Waals surface area contributed by atoms with Crippen molar-refractivity contribution >= 4 is 46.7 Å². The van der Waals surface area contributed by atoms with Gasteiger partial charge in [0, 0.05) is 18.8 Å². The van der Waals surface area contributed by atoms with Crippen LogP contribution < -0.4 is 32.9 Å². The predicted molar refractivity (Wildman–Crippen MR) is 185 cm³/mol. The smallest absolute Gasteiger partial charge is 0.357 e. The summed E-state index contributed by atoms with van der Waals surface area (Å²) >= 11 is 0. The number of nitrogens with two attached hydrogens (primary N) is 3. The molecule has 0 saturated carbocycles. The summed E-state index contributed by atoms with van der Waals surface area (Å²) in [7, 11) is 0. The van der Waals surface area contributed by atoms with E-state index >= 15 is 0 Å². The number of nitrogens with one attached hydrogen (secondary N) is 1. The highest BCUT2D eigenvalue weighted by Crippen LogP contribution is 2.23. The minimum atomic E-state index is -1.13. The number of urea groups is 1. The lowest BCUT2D eigenvalue weighted by Gasteiger charge is -2.32. The summed E-state index contributed by atoms with van der Waals surface area (Å²) in [5.41, 5.74) is 1.13. The standard InChI is InChI=1S/C34H48N8O7/c1-23(2)16-18-39(30(44)22-40(19-17-31(45)49-37)32(46)28-11-8-20-48-28)21-29(43)34(4,5)38-25-12-14-26(15-13-25)41(35)33(47)42(36)27-10-7-6-9-24(27)3/h6-15,23,28,38H,16-22,35-37H2,1-5H3. The Hall–Kier alpha value is -4.83. The average molecular weight is 681 g/mol. The molecule has 3 rings (SSSR count). The number of carbonyl (C=O) groups excluding carboxylic acids is 5. The van der Waals surface area contributed by atoms with Gasteiger partial charge in [-0.2, -0.15) is 5.90 Å². The van der Waals surface area contributed by atoms with Crippen LogP contribution in [0.15, 0.2) is 60.7 Å². The fraction of sp³-hybridized carbons (Fsp3) is 0.441. The highest BCUT2D eigenvalue weighted by Gasteiger charge is 2.33. The van der Waals surface area contributed by atoms with E-state index in [4.69, 9.17) is 22.3 Å². The van der Waals surface area contributed by atoms with E-state index in [1.165, 1.54) is 9.80 Å². The first kappa shape index (κ1) is 38.6. The van der Waals surface area contributed by atoms with Gasteiger partial charge in [-0.3, -0.25) is 19.2 Å². The zero-order chi connectivity index (χ0) is 36.3. The number of hydrogen-bond acceptors (Lipinski definition) is 11. The van der Waals surface area contributed by atoms with Gasteiger partial charge in [0.05, 0.1) is 43.0 Å². The number of ketones is 1. The highest BCUT2D eigenvalue weighted by atomic mass is 16.7. The molecule has 0 saturated heterocycles. The number of aryl methyl sites for hydroxylation is 1. The van der Waals surface area contributed by atoms with Crippen molar-refractivity contribution < 1.29 is 33.5 Å². The zero-order valence-electron chi connectivity index (χ0n) is 28.8. The van der Waals surface area contributed by atoms with Crippen molar-refractivity contribution in [3.05, 3.63) is 66.2 Å². The number of amides is 4. The summed E-state index contributed by atoms with van der Waals surface area (Å²) < 4.78 is 5.42. The summed E-state index contributed by atoms with van der Waals surface area (Å²) in [6.45, 7) is 9.03. The van der Waals surface area contributed by atoms with Crippen LogP contribution in [0.25, 0.3) is 0 Å². The van der Waals surface area contributed by atoms with Crippen molar-refractivity contribution in [2.75, 3.05) is 48.1 Å². The molecule has 15 heteroatoms. The number of carbonyl (C=O) groups is 5. The van der Waals surface area contributed by atoms with E-state index in [1.54, 1.807) is 62.4 Å². The van der Waals surface area contributed by atoms with Gasteiger partial charge in [0.2, 0.25) is 5.91 Å². The highest BCUT2D eigenvalue weighted by molar-refractivity contribution is 6.02. The molecular weight excluding hydrogens is 632 g/mol. The monoisotopic (exact) mass is 680 g/mol. The Balaban J connectivity index is 1.70. The SMILES string of the molecule is Cc1ccccc1N(N)C(=O)N(N)c1ccc(NC(C)(C)C(=O)CN(CCC(C)C)C(=O)CN(CCC(=O)ON)C(=O)C2C=CCO2)cc1. The molecule has 2 aromatic carbocycles. The third-order valence-electron chi connectivity index (χ3n) is 8.03. The Labute approximate surface area is 286 Å². The number of benzene rings is 2. The molecule has 7 N–H and O–H groups in total. The fourth-order valence-electron chi connectivity index (χ4n) is 4.92. The van der Waals surface area contributed by atoms with E-state index in [9.17, 15) is 24.0 Å². The maximum atomic E-state index is 13.7. The molecule has 0 fully saturated rings. The van der Waals surface area contributed by atoms with Gasteiger partial charge in [0.25, 0.3) is 5.91 Å². The van der Waals surface area contributed by atoms with Gasteiger partial charge in [-0.05, 0) is 75.1 Å². The van der Waals surface area contributed by atoms with Gasteiger partial charge in [-0.25, -0.2) is 26.5 Å². The number of hydrogen-bond donors (Lipinski definition) is 4. The van der Waals surface area contributed by atoms with E-state index in [1.807, 2.05) is 32.9 Å². The molecule has 0 aliphatic carbocycles. The lowest BCUT2D eigenvalue weighted by molar-refractivity contribution is -0.149. The Morgan fingerprint density at radius 1 is 0.959 bits per heavy atom. The minimum absolute atomic E-state index is 0.121. The molecule has 0 bridgehead atoms. The largest absolute Gasteiger partial charge is 0.373 e. The molecule has 0 spiro atoms. The third kappa shape index (κ3) is 10.8. The van der Waals surface area contributed by atoms with Gasteiger partial charge in [-0.15, -0.1) is 0 Å². The zero-order valence-corrected chi connectivity index (χ0v) is 28.8. The lowest BCUT2D eigenvalue weighted by atomic mass is 9.97. The van der Waals surface area contributed by atoms with Crippen molar-refractivity contribution in [3.63, 3.8) is 0 Å². The molecule has 266 valence electrons. The van der Waals surface area contributed by atoms with Crippen molar-refractivity contribution in [1.29, 1.82) is 0 Å². The summed E-state index contributed by atoms with van der Waals surface area (Å²) in [5, 5.41) is 5.09. The van der Waals surface area contributed by atoms with Crippen molar-refractivity contribution in [2.45, 2.75) is 59.1 Å². The molecule has 1 heterocycles. The molecule has 2 aromatic rings. The normalized spacial score (nSPS) is 13.9. The van der Waals surface area contributed by atoms with Gasteiger partial charge < -0.3 is 24.7 Å². The Morgan fingerprint density at radius 2 is 1.63 bits per heavy atom. The quantitative estimate of drug-likeness (QED) is 0.0876. The van der Waals surface area contributed by atoms with Gasteiger partial charge >= 0.3 is 12.0 Å². The van der Waals surface area contributed by atoms with Crippen LogP contribution in [0.2, 0.25) is 0 Å². The molecule has 1 aliphatic rings. The van der Waals surface area contributed by atoms with Gasteiger partial charge in [0.1, 0.15) is 0 Å². The lowest BCUT2D eigenvalue weighted by Crippen LogP contribution is -2.51. The number of anilines is 3. The van der Waals surface area contributed by atoms with Crippen molar-refractivity contribution in [2.24, 2.45) is 23.5 Å². The number of nitrogens with zero attached hydrogens (tertiary/aromatic N) is 4. The molecule has 1 aliphatic heterocycles. The second-order valence-corrected chi connectivity index (χ2v) is 12.7. The molecule has 4 amide bonds. The van der Waals surface area contributed by atoms with Gasteiger partial charge in [-0.1, -0.05) is 38.1 Å². The third-order valence-corrected chi connectivity index (χ3v) is 8.03. The maximum absolute atomic E-state index is 13.7. The van der Waals surface area contributed by atoms with E-state index in [0.29, 0.717) is 23.5 Å². The average Bonchev–Trinajstić information content (AvgIpc) is 3.62. The number of para-hydroxylation sites is 1. The van der Waals surface area contributed by atoms with Crippen molar-refractivity contribution in [1.82, 2.24) is 9.80 Å². The molecule has 15 nitrogen and oxygen atoms in total. The van der Waals surface area contributed by atoms with E-state index in [2.05, 4.69) is 10.2 Å². The first-order valence-electron chi connectivity index (χ1n) is 16.0. The van der Waals surface area contributed by atoms with Crippen LogP contribution in [0.4, 0.5) is 21.9 Å². The van der Waals surface area contributed by atoms with Crippen LogP contribution in [0, 0.1) is 12.8 Å². The Kier molecular flexibility index (Phi) is 13.8. The Bertz CT molecular complexity index is 1510. The summed E-state index contributed by atoms with van der Waals surface area (Å²) in [5.74, 6) is 15.4. The summed E-state index contributed by atoms with van der Waals surface area (Å²) in [6, 6.07) is 13.1. The molecule has 49 heavy (non-hydrogen) atoms. The van der Waals surface area contributed by atoms with Crippen LogP contribution in [-0.4, -0.2) is 83.8 Å². The molecule has 0 aromatic heterocycles. The first-order chi connectivity index (χ1) is 23.1. The summed E-state index contributed by atoms with van der Waals surface area (Å²) in [6.07, 6.45) is 2.80. The predicted octanol–water partition coefficient (Wildman–Crippen LogP) is 2.40. The minimum Gasteiger partial charge on any atom is -0.373 e. The first-order valence-corrected chi connectivity index (χ1v) is 16.0. The molecule has 1 atom stereocenters. The summed E-state index contributed by atoms with van der Waals surface area (Å²) in [4.78, 5) is 72.0. The van der Waals surface area contributed by atoms with E-state index in [0.717, 1.165) is 15.6 Å².